The highest BCUT2D eigenvalue weighted by atomic mass is 35.5. The van der Waals surface area contributed by atoms with Crippen molar-refractivity contribution >= 4 is 46.5 Å². The summed E-state index contributed by atoms with van der Waals surface area (Å²) in [5, 5.41) is 2.79. The number of carbonyl (C=O) groups is 3. The van der Waals surface area contributed by atoms with Crippen LogP contribution < -0.4 is 10.1 Å². The lowest BCUT2D eigenvalue weighted by molar-refractivity contribution is -0.122. The van der Waals surface area contributed by atoms with Crippen molar-refractivity contribution in [2.24, 2.45) is 0 Å². The normalized spacial score (nSPS) is 15.2. The number of hydrogen-bond acceptors (Lipinski definition) is 5. The second-order valence-corrected chi connectivity index (χ2v) is 7.30. The van der Waals surface area contributed by atoms with E-state index in [-0.39, 0.29) is 30.1 Å². The Balaban J connectivity index is 1.59. The Morgan fingerprint density at radius 3 is 2.64 bits per heavy atom. The number of amides is 3. The Labute approximate surface area is 171 Å². The highest BCUT2D eigenvalue weighted by molar-refractivity contribution is 8.18. The van der Waals surface area contributed by atoms with Gasteiger partial charge in [0.1, 0.15) is 5.75 Å². The van der Waals surface area contributed by atoms with Gasteiger partial charge < -0.3 is 10.1 Å². The molecule has 0 radical (unpaired) electrons. The quantitative estimate of drug-likeness (QED) is 0.724. The first-order valence-corrected chi connectivity index (χ1v) is 9.60. The number of rotatable bonds is 6. The predicted molar refractivity (Wildman–Crippen MR) is 109 cm³/mol. The van der Waals surface area contributed by atoms with Crippen molar-refractivity contribution in [3.63, 3.8) is 0 Å². The molecule has 1 saturated heterocycles. The van der Waals surface area contributed by atoms with Crippen molar-refractivity contribution < 1.29 is 19.1 Å². The number of ether oxygens (including phenoxy) is 1. The topological polar surface area (TPSA) is 75.7 Å². The third-order valence-electron chi connectivity index (χ3n) is 3.99. The lowest BCUT2D eigenvalue weighted by Crippen LogP contribution is -2.37. The maximum absolute atomic E-state index is 12.5. The molecule has 2 aromatic carbocycles. The minimum absolute atomic E-state index is 0.0942. The molecule has 1 aliphatic heterocycles. The van der Waals surface area contributed by atoms with Crippen LogP contribution in [0, 0.1) is 0 Å². The molecule has 3 amide bonds. The molecule has 0 aliphatic carbocycles. The number of hydrogen-bond donors (Lipinski definition) is 1. The molecule has 144 valence electrons. The third-order valence-corrected chi connectivity index (χ3v) is 5.14. The summed E-state index contributed by atoms with van der Waals surface area (Å²) < 4.78 is 5.10. The molecule has 0 saturated carbocycles. The zero-order valence-corrected chi connectivity index (χ0v) is 16.5. The van der Waals surface area contributed by atoms with Gasteiger partial charge in [0, 0.05) is 23.7 Å². The predicted octanol–water partition coefficient (Wildman–Crippen LogP) is 3.81. The fourth-order valence-corrected chi connectivity index (χ4v) is 3.61. The van der Waals surface area contributed by atoms with Crippen LogP contribution in [0.3, 0.4) is 0 Å². The van der Waals surface area contributed by atoms with Gasteiger partial charge in [-0.3, -0.25) is 19.3 Å². The maximum atomic E-state index is 12.5. The number of carbonyl (C=O) groups excluding carboxylic acids is 3. The molecule has 8 heteroatoms. The third kappa shape index (κ3) is 4.74. The molecule has 0 unspecified atom stereocenters. The molecule has 1 heterocycles. The Kier molecular flexibility index (Phi) is 6.38. The van der Waals surface area contributed by atoms with Crippen LogP contribution >= 0.6 is 23.4 Å². The molecule has 1 aliphatic rings. The molecule has 1 fully saturated rings. The van der Waals surface area contributed by atoms with E-state index in [1.54, 1.807) is 61.7 Å². The van der Waals surface area contributed by atoms with Gasteiger partial charge in [-0.2, -0.15) is 0 Å². The van der Waals surface area contributed by atoms with Gasteiger partial charge in [-0.25, -0.2) is 0 Å². The van der Waals surface area contributed by atoms with E-state index < -0.39 is 0 Å². The number of halogens is 1. The van der Waals surface area contributed by atoms with Gasteiger partial charge in [-0.1, -0.05) is 29.8 Å². The molecule has 6 nitrogen and oxygen atoms in total. The summed E-state index contributed by atoms with van der Waals surface area (Å²) >= 11 is 6.75. The van der Waals surface area contributed by atoms with Gasteiger partial charge >= 0.3 is 0 Å². The second-order valence-electron chi connectivity index (χ2n) is 5.87. The van der Waals surface area contributed by atoms with Crippen molar-refractivity contribution in [3.05, 3.63) is 69.6 Å². The van der Waals surface area contributed by atoms with Gasteiger partial charge in [0.15, 0.2) is 0 Å². The van der Waals surface area contributed by atoms with E-state index >= 15 is 0 Å². The number of imide groups is 1. The number of nitrogens with zero attached hydrogens (tertiary/aromatic N) is 1. The number of nitrogens with one attached hydrogen (secondary N) is 1. The Morgan fingerprint density at radius 2 is 1.96 bits per heavy atom. The molecule has 2 aromatic rings. The zero-order valence-electron chi connectivity index (χ0n) is 15.0. The average Bonchev–Trinajstić information content (AvgIpc) is 2.95. The largest absolute Gasteiger partial charge is 0.497 e. The summed E-state index contributed by atoms with van der Waals surface area (Å²) in [5.74, 6) is 0.0202. The highest BCUT2D eigenvalue weighted by Crippen LogP contribution is 2.32. The van der Waals surface area contributed by atoms with Crippen molar-refractivity contribution in [1.82, 2.24) is 10.2 Å². The minimum Gasteiger partial charge on any atom is -0.497 e. The van der Waals surface area contributed by atoms with Gasteiger partial charge in [0.05, 0.1) is 12.0 Å². The molecule has 3 rings (SSSR count). The fourth-order valence-electron chi connectivity index (χ4n) is 2.56. The van der Waals surface area contributed by atoms with Crippen LogP contribution in [0.2, 0.25) is 5.02 Å². The first kappa shape index (κ1) is 20.0. The van der Waals surface area contributed by atoms with Crippen molar-refractivity contribution in [1.29, 1.82) is 0 Å². The molecular formula is C20H17ClN2O4S. The van der Waals surface area contributed by atoms with Crippen LogP contribution in [0.4, 0.5) is 4.79 Å². The molecule has 1 N–H and O–H groups in total. The lowest BCUT2D eigenvalue weighted by atomic mass is 10.2. The smallest absolute Gasteiger partial charge is 0.293 e. The summed E-state index contributed by atoms with van der Waals surface area (Å²) in [6, 6.07) is 13.7. The van der Waals surface area contributed by atoms with E-state index in [9.17, 15) is 14.4 Å². The number of benzene rings is 2. The van der Waals surface area contributed by atoms with Gasteiger partial charge in [-0.05, 0) is 53.7 Å². The summed E-state index contributed by atoms with van der Waals surface area (Å²) in [6.07, 6.45) is 1.66. The second kappa shape index (κ2) is 8.95. The number of thioether (sulfide) groups is 1. The Hall–Kier alpha value is -2.77. The fraction of sp³-hybridized carbons (Fsp3) is 0.150. The van der Waals surface area contributed by atoms with Crippen LogP contribution in [-0.4, -0.2) is 42.2 Å². The van der Waals surface area contributed by atoms with E-state index in [1.807, 2.05) is 0 Å². The Morgan fingerprint density at radius 1 is 1.21 bits per heavy atom. The van der Waals surface area contributed by atoms with Crippen LogP contribution in [-0.2, 0) is 4.79 Å². The van der Waals surface area contributed by atoms with Gasteiger partial charge in [0.2, 0.25) is 0 Å². The van der Waals surface area contributed by atoms with Crippen molar-refractivity contribution in [2.45, 2.75) is 0 Å². The molecule has 0 atom stereocenters. The summed E-state index contributed by atoms with van der Waals surface area (Å²) in [7, 11) is 1.57. The first-order valence-electron chi connectivity index (χ1n) is 8.41. The maximum Gasteiger partial charge on any atom is 0.293 e. The molecule has 28 heavy (non-hydrogen) atoms. The van der Waals surface area contributed by atoms with E-state index in [1.165, 1.54) is 0 Å². The lowest BCUT2D eigenvalue weighted by Gasteiger charge is -2.13. The van der Waals surface area contributed by atoms with E-state index in [4.69, 9.17) is 16.3 Å². The average molecular weight is 417 g/mol. The van der Waals surface area contributed by atoms with Crippen molar-refractivity contribution in [2.75, 3.05) is 20.2 Å². The highest BCUT2D eigenvalue weighted by Gasteiger charge is 2.34. The van der Waals surface area contributed by atoms with E-state index in [0.29, 0.717) is 21.2 Å². The molecule has 0 bridgehead atoms. The molecular weight excluding hydrogens is 400 g/mol. The van der Waals surface area contributed by atoms with Gasteiger partial charge in [0.25, 0.3) is 17.1 Å². The van der Waals surface area contributed by atoms with Crippen LogP contribution in [0.1, 0.15) is 15.9 Å². The summed E-state index contributed by atoms with van der Waals surface area (Å²) in [6.45, 7) is 0.246. The first-order chi connectivity index (χ1) is 13.5. The van der Waals surface area contributed by atoms with Crippen LogP contribution in [0.15, 0.2) is 53.4 Å². The number of methoxy groups -OCH3 is 1. The molecule has 0 aromatic heterocycles. The SMILES string of the molecule is COc1ccc(/C=C2/SC(=O)N(CCNC(=O)c3cccc(Cl)c3)C2=O)cc1. The zero-order chi connectivity index (χ0) is 20.1. The van der Waals surface area contributed by atoms with E-state index in [2.05, 4.69) is 5.32 Å². The summed E-state index contributed by atoms with van der Waals surface area (Å²) in [4.78, 5) is 38.2. The van der Waals surface area contributed by atoms with E-state index in [0.717, 1.165) is 22.2 Å². The van der Waals surface area contributed by atoms with Crippen LogP contribution in [0.5, 0.6) is 5.75 Å². The Bertz CT molecular complexity index is 943. The monoisotopic (exact) mass is 416 g/mol. The minimum atomic E-state index is -0.372. The molecule has 0 spiro atoms. The van der Waals surface area contributed by atoms with Crippen molar-refractivity contribution in [3.8, 4) is 5.75 Å². The van der Waals surface area contributed by atoms with Crippen LogP contribution in [0.25, 0.3) is 6.08 Å². The van der Waals surface area contributed by atoms with Gasteiger partial charge in [-0.15, -0.1) is 0 Å². The summed E-state index contributed by atoms with van der Waals surface area (Å²) in [5.41, 5.74) is 1.21. The standard InChI is InChI=1S/C20H17ClN2O4S/c1-27-16-7-5-13(6-8-16)11-17-19(25)23(20(26)28-17)10-9-22-18(24)14-3-2-4-15(21)12-14/h2-8,11-12H,9-10H2,1H3,(H,22,24)/b17-11+.